The van der Waals surface area contributed by atoms with Crippen molar-refractivity contribution in [2.45, 2.75) is 18.6 Å². The van der Waals surface area contributed by atoms with Gasteiger partial charge in [0.15, 0.2) is 9.84 Å². The second-order valence-electron chi connectivity index (χ2n) is 6.31. The number of carbonyl (C=O) groups is 1. The van der Waals surface area contributed by atoms with E-state index >= 15 is 0 Å². The van der Waals surface area contributed by atoms with Gasteiger partial charge in [0.25, 0.3) is 0 Å². The van der Waals surface area contributed by atoms with E-state index in [9.17, 15) is 13.2 Å². The minimum absolute atomic E-state index is 0.0313. The van der Waals surface area contributed by atoms with E-state index in [1.54, 1.807) is 9.80 Å². The summed E-state index contributed by atoms with van der Waals surface area (Å²) in [6.07, 6.45) is 0. The molecule has 2 aliphatic heterocycles. The number of nitrogens with zero attached hydrogens (tertiary/aromatic N) is 2. The molecule has 4 rings (SSSR count). The fourth-order valence-corrected chi connectivity index (χ4v) is 5.58. The van der Waals surface area contributed by atoms with Gasteiger partial charge in [-0.3, -0.25) is 4.90 Å². The van der Waals surface area contributed by atoms with E-state index in [1.165, 1.54) is 0 Å². The van der Waals surface area contributed by atoms with Crippen molar-refractivity contribution < 1.29 is 13.2 Å². The van der Waals surface area contributed by atoms with E-state index in [2.05, 4.69) is 0 Å². The molecule has 24 heavy (non-hydrogen) atoms. The van der Waals surface area contributed by atoms with Crippen molar-refractivity contribution in [2.24, 2.45) is 0 Å². The van der Waals surface area contributed by atoms with Crippen LogP contribution in [0.5, 0.6) is 0 Å². The lowest BCUT2D eigenvalue weighted by atomic mass is 10.1. The summed E-state index contributed by atoms with van der Waals surface area (Å²) < 4.78 is 24.3. The molecule has 0 spiro atoms. The highest BCUT2D eigenvalue weighted by Crippen LogP contribution is 2.35. The second-order valence-corrected chi connectivity index (χ2v) is 8.47. The van der Waals surface area contributed by atoms with E-state index in [-0.39, 0.29) is 29.6 Å². The van der Waals surface area contributed by atoms with Crippen molar-refractivity contribution in [1.29, 1.82) is 0 Å². The van der Waals surface area contributed by atoms with Crippen LogP contribution in [-0.4, -0.2) is 42.9 Å². The maximum absolute atomic E-state index is 13.0. The van der Waals surface area contributed by atoms with E-state index in [0.717, 1.165) is 11.3 Å². The lowest BCUT2D eigenvalue weighted by molar-refractivity contribution is 0.206. The van der Waals surface area contributed by atoms with E-state index in [4.69, 9.17) is 0 Å². The molecule has 0 aromatic heterocycles. The molecule has 6 heteroatoms. The molecule has 0 bridgehead atoms. The van der Waals surface area contributed by atoms with Gasteiger partial charge in [0.05, 0.1) is 23.6 Å². The first-order valence-corrected chi connectivity index (χ1v) is 9.76. The predicted octanol–water partition coefficient (Wildman–Crippen LogP) is 2.29. The summed E-state index contributed by atoms with van der Waals surface area (Å²) in [7, 11) is -3.13. The smallest absolute Gasteiger partial charge is 0.314 e. The lowest BCUT2D eigenvalue weighted by Crippen LogP contribution is -2.37. The average Bonchev–Trinajstić information content (AvgIpc) is 3.00. The minimum Gasteiger partial charge on any atom is -0.314 e. The Kier molecular flexibility index (Phi) is 3.57. The van der Waals surface area contributed by atoms with Crippen LogP contribution in [0.25, 0.3) is 0 Å². The first kappa shape index (κ1) is 15.2. The van der Waals surface area contributed by atoms with Crippen LogP contribution >= 0.6 is 0 Å². The summed E-state index contributed by atoms with van der Waals surface area (Å²) in [4.78, 5) is 16.3. The molecular formula is C18H18N2O3S. The largest absolute Gasteiger partial charge is 0.325 e. The molecule has 124 valence electrons. The Morgan fingerprint density at radius 2 is 1.46 bits per heavy atom. The number of para-hydroxylation sites is 1. The first-order valence-electron chi connectivity index (χ1n) is 7.94. The number of hydrogen-bond donors (Lipinski definition) is 0. The molecule has 2 aromatic rings. The minimum atomic E-state index is -3.13. The van der Waals surface area contributed by atoms with Gasteiger partial charge in [-0.15, -0.1) is 0 Å². The molecule has 0 saturated carbocycles. The number of anilines is 1. The first-order chi connectivity index (χ1) is 11.6. The van der Waals surface area contributed by atoms with Gasteiger partial charge in [0, 0.05) is 12.2 Å². The fraction of sp³-hybridized carbons (Fsp3) is 0.278. The van der Waals surface area contributed by atoms with Crippen LogP contribution in [0.15, 0.2) is 60.7 Å². The van der Waals surface area contributed by atoms with Crippen LogP contribution < -0.4 is 4.90 Å². The van der Waals surface area contributed by atoms with Crippen molar-refractivity contribution >= 4 is 21.6 Å². The summed E-state index contributed by atoms with van der Waals surface area (Å²) in [6, 6.07) is 18.3. The third-order valence-corrected chi connectivity index (χ3v) is 6.41. The Balaban J connectivity index is 1.71. The third kappa shape index (κ3) is 2.57. The predicted molar refractivity (Wildman–Crippen MR) is 92.5 cm³/mol. The topological polar surface area (TPSA) is 57.7 Å². The van der Waals surface area contributed by atoms with Crippen molar-refractivity contribution in [3.05, 3.63) is 66.2 Å². The van der Waals surface area contributed by atoms with Crippen molar-refractivity contribution in [3.8, 4) is 0 Å². The maximum Gasteiger partial charge on any atom is 0.325 e. The molecule has 2 aromatic carbocycles. The Labute approximate surface area is 141 Å². The zero-order valence-electron chi connectivity index (χ0n) is 13.1. The number of rotatable bonds is 3. The number of benzene rings is 2. The molecule has 2 atom stereocenters. The van der Waals surface area contributed by atoms with Gasteiger partial charge in [-0.2, -0.15) is 0 Å². The molecule has 0 aliphatic carbocycles. The zero-order chi connectivity index (χ0) is 16.7. The van der Waals surface area contributed by atoms with E-state index in [0.29, 0.717) is 6.54 Å². The summed E-state index contributed by atoms with van der Waals surface area (Å²) in [5, 5.41) is 0. The molecule has 2 amide bonds. The molecule has 5 nitrogen and oxygen atoms in total. The van der Waals surface area contributed by atoms with Crippen LogP contribution in [0.2, 0.25) is 0 Å². The highest BCUT2D eigenvalue weighted by Gasteiger charge is 2.53. The van der Waals surface area contributed by atoms with Crippen molar-refractivity contribution in [3.63, 3.8) is 0 Å². The number of amides is 2. The molecule has 2 heterocycles. The van der Waals surface area contributed by atoms with Crippen LogP contribution in [0.3, 0.4) is 0 Å². The number of sulfone groups is 1. The number of carbonyl (C=O) groups excluding carboxylic acids is 1. The summed E-state index contributed by atoms with van der Waals surface area (Å²) in [6.45, 7) is 0.430. The molecule has 0 radical (unpaired) electrons. The van der Waals surface area contributed by atoms with Crippen LogP contribution in [0.1, 0.15) is 5.56 Å². The standard InChI is InChI=1S/C18H18N2O3S/c21-18-19(11-14-7-3-1-4-8-14)16-12-24(22,23)13-17(16)20(18)15-9-5-2-6-10-15/h1-10,16-17H,11-13H2/t16-,17-/m1/s1. The number of fused-ring (bicyclic) bond motifs is 1. The molecule has 2 fully saturated rings. The zero-order valence-corrected chi connectivity index (χ0v) is 13.9. The van der Waals surface area contributed by atoms with Crippen molar-refractivity contribution in [2.75, 3.05) is 16.4 Å². The SMILES string of the molecule is O=C1N(Cc2ccccc2)[C@@H]2CS(=O)(=O)C[C@H]2N1c1ccccc1. The maximum atomic E-state index is 13.0. The average molecular weight is 342 g/mol. The van der Waals surface area contributed by atoms with Gasteiger partial charge in [-0.25, -0.2) is 13.2 Å². The molecular weight excluding hydrogens is 324 g/mol. The monoisotopic (exact) mass is 342 g/mol. The normalized spacial score (nSPS) is 25.1. The quantitative estimate of drug-likeness (QED) is 0.804. The molecule has 0 unspecified atom stereocenters. The highest BCUT2D eigenvalue weighted by molar-refractivity contribution is 7.91. The van der Waals surface area contributed by atoms with Gasteiger partial charge in [-0.05, 0) is 17.7 Å². The number of hydrogen-bond acceptors (Lipinski definition) is 3. The highest BCUT2D eigenvalue weighted by atomic mass is 32.2. The molecule has 0 N–H and O–H groups in total. The summed E-state index contributed by atoms with van der Waals surface area (Å²) in [5.41, 5.74) is 1.76. The summed E-state index contributed by atoms with van der Waals surface area (Å²) >= 11 is 0. The van der Waals surface area contributed by atoms with Gasteiger partial charge in [0.1, 0.15) is 0 Å². The van der Waals surface area contributed by atoms with Gasteiger partial charge < -0.3 is 4.90 Å². The molecule has 2 saturated heterocycles. The number of urea groups is 1. The second kappa shape index (κ2) is 5.63. The fourth-order valence-electron chi connectivity index (χ4n) is 3.63. The van der Waals surface area contributed by atoms with E-state index in [1.807, 2.05) is 60.7 Å². The third-order valence-electron chi connectivity index (χ3n) is 4.71. The Hall–Kier alpha value is -2.34. The van der Waals surface area contributed by atoms with Gasteiger partial charge in [-0.1, -0.05) is 48.5 Å². The van der Waals surface area contributed by atoms with Crippen LogP contribution in [0.4, 0.5) is 10.5 Å². The van der Waals surface area contributed by atoms with Gasteiger partial charge >= 0.3 is 6.03 Å². The summed E-state index contributed by atoms with van der Waals surface area (Å²) in [5.74, 6) is 0.0726. The Bertz CT molecular complexity index is 852. The molecule has 2 aliphatic rings. The van der Waals surface area contributed by atoms with Crippen LogP contribution in [-0.2, 0) is 16.4 Å². The Morgan fingerprint density at radius 3 is 2.12 bits per heavy atom. The van der Waals surface area contributed by atoms with Crippen LogP contribution in [0, 0.1) is 0 Å². The Morgan fingerprint density at radius 1 is 0.875 bits per heavy atom. The van der Waals surface area contributed by atoms with E-state index < -0.39 is 9.84 Å². The van der Waals surface area contributed by atoms with Crippen molar-refractivity contribution in [1.82, 2.24) is 4.90 Å². The lowest BCUT2D eigenvalue weighted by Gasteiger charge is -2.22. The van der Waals surface area contributed by atoms with Gasteiger partial charge in [0.2, 0.25) is 0 Å².